The maximum absolute atomic E-state index is 10.0. The molecule has 0 aliphatic carbocycles. The van der Waals surface area contributed by atoms with Crippen molar-refractivity contribution in [2.24, 2.45) is 0 Å². The summed E-state index contributed by atoms with van der Waals surface area (Å²) in [4.78, 5) is 15.0. The van der Waals surface area contributed by atoms with Crippen molar-refractivity contribution in [1.82, 2.24) is 19.9 Å². The lowest BCUT2D eigenvalue weighted by Gasteiger charge is -2.16. The van der Waals surface area contributed by atoms with E-state index in [0.29, 0.717) is 16.9 Å². The Labute approximate surface area is 112 Å². The van der Waals surface area contributed by atoms with E-state index in [4.69, 9.17) is 14.7 Å². The molecule has 0 aromatic carbocycles. The van der Waals surface area contributed by atoms with E-state index in [0.717, 1.165) is 0 Å². The van der Waals surface area contributed by atoms with Gasteiger partial charge in [0.15, 0.2) is 11.8 Å². The number of fused-ring (bicyclic) bond motifs is 1. The van der Waals surface area contributed by atoms with Crippen molar-refractivity contribution < 1.29 is 19.7 Å². The predicted molar refractivity (Wildman–Crippen MR) is 62.9 cm³/mol. The van der Waals surface area contributed by atoms with Gasteiger partial charge in [0.05, 0.1) is 12.9 Å². The topological polar surface area (TPSA) is 137 Å². The first-order valence-electron chi connectivity index (χ1n) is 5.89. The van der Waals surface area contributed by atoms with Gasteiger partial charge < -0.3 is 24.7 Å². The second-order valence-corrected chi connectivity index (χ2v) is 4.30. The van der Waals surface area contributed by atoms with E-state index >= 15 is 0 Å². The lowest BCUT2D eigenvalue weighted by Crippen LogP contribution is -2.33. The van der Waals surface area contributed by atoms with Crippen molar-refractivity contribution in [2.45, 2.75) is 24.4 Å². The number of H-pyrrole nitrogens is 1. The number of hydrogen-bond acceptors (Lipinski definition) is 8. The SMILES string of the molecule is N#CO[C@H]1C(c2ncnc3nc[nH]c23)O[C@H](CO)[C@H]1O. The number of nitriles is 1. The van der Waals surface area contributed by atoms with Gasteiger partial charge in [-0.05, 0) is 0 Å². The summed E-state index contributed by atoms with van der Waals surface area (Å²) in [5.74, 6) is 0. The Hall–Kier alpha value is -2.28. The van der Waals surface area contributed by atoms with Gasteiger partial charge in [-0.1, -0.05) is 0 Å². The fourth-order valence-electron chi connectivity index (χ4n) is 2.30. The van der Waals surface area contributed by atoms with Crippen LogP contribution in [0.4, 0.5) is 0 Å². The molecule has 9 heteroatoms. The largest absolute Gasteiger partial charge is 0.418 e. The van der Waals surface area contributed by atoms with Gasteiger partial charge in [-0.2, -0.15) is 5.26 Å². The number of imidazole rings is 1. The molecule has 3 rings (SSSR count). The summed E-state index contributed by atoms with van der Waals surface area (Å²) in [7, 11) is 0. The molecule has 20 heavy (non-hydrogen) atoms. The Morgan fingerprint density at radius 2 is 2.30 bits per heavy atom. The van der Waals surface area contributed by atoms with E-state index in [1.165, 1.54) is 18.9 Å². The number of aromatic nitrogens is 4. The zero-order chi connectivity index (χ0) is 14.1. The van der Waals surface area contributed by atoms with E-state index in [-0.39, 0.29) is 6.61 Å². The highest BCUT2D eigenvalue weighted by molar-refractivity contribution is 5.72. The zero-order valence-electron chi connectivity index (χ0n) is 10.2. The average Bonchev–Trinajstić information content (AvgIpc) is 3.05. The first kappa shape index (κ1) is 12.7. The highest BCUT2D eigenvalue weighted by Crippen LogP contribution is 2.36. The Balaban J connectivity index is 2.03. The minimum absolute atomic E-state index is 0.389. The summed E-state index contributed by atoms with van der Waals surface area (Å²) in [5, 5.41) is 27.9. The molecule has 3 heterocycles. The zero-order valence-corrected chi connectivity index (χ0v) is 10.2. The van der Waals surface area contributed by atoms with Gasteiger partial charge in [0.2, 0.25) is 0 Å². The van der Waals surface area contributed by atoms with Crippen molar-refractivity contribution in [2.75, 3.05) is 6.61 Å². The van der Waals surface area contributed by atoms with Gasteiger partial charge in [-0.3, -0.25) is 0 Å². The first-order valence-corrected chi connectivity index (χ1v) is 5.89. The second kappa shape index (κ2) is 5.01. The van der Waals surface area contributed by atoms with Gasteiger partial charge in [-0.15, -0.1) is 0 Å². The summed E-state index contributed by atoms with van der Waals surface area (Å²) in [6.07, 6.45) is 0.588. The van der Waals surface area contributed by atoms with Crippen LogP contribution in [0.15, 0.2) is 12.7 Å². The number of nitrogens with one attached hydrogen (secondary N) is 1. The minimum atomic E-state index is -1.13. The van der Waals surface area contributed by atoms with Gasteiger partial charge in [0, 0.05) is 0 Å². The summed E-state index contributed by atoms with van der Waals surface area (Å²) < 4.78 is 10.4. The minimum Gasteiger partial charge on any atom is -0.418 e. The number of hydrogen-bond donors (Lipinski definition) is 3. The summed E-state index contributed by atoms with van der Waals surface area (Å²) in [6, 6.07) is 0. The number of rotatable bonds is 3. The molecular weight excluding hydrogens is 266 g/mol. The highest BCUT2D eigenvalue weighted by atomic mass is 16.6. The number of ether oxygens (including phenoxy) is 2. The van der Waals surface area contributed by atoms with Crippen molar-refractivity contribution in [3.8, 4) is 6.26 Å². The van der Waals surface area contributed by atoms with Crippen LogP contribution in [0.5, 0.6) is 0 Å². The molecule has 1 fully saturated rings. The maximum Gasteiger partial charge on any atom is 0.286 e. The van der Waals surface area contributed by atoms with Gasteiger partial charge in [0.1, 0.15) is 35.8 Å². The van der Waals surface area contributed by atoms with Crippen LogP contribution in [-0.2, 0) is 9.47 Å². The third kappa shape index (κ3) is 1.87. The van der Waals surface area contributed by atoms with Crippen molar-refractivity contribution in [3.63, 3.8) is 0 Å². The Bertz CT molecular complexity index is 654. The molecule has 1 aliphatic heterocycles. The van der Waals surface area contributed by atoms with Crippen LogP contribution in [0.3, 0.4) is 0 Å². The third-order valence-corrected chi connectivity index (χ3v) is 3.23. The highest BCUT2D eigenvalue weighted by Gasteiger charge is 2.47. The molecule has 1 aliphatic rings. The van der Waals surface area contributed by atoms with Crippen molar-refractivity contribution in [1.29, 1.82) is 5.26 Å². The number of nitrogens with zero attached hydrogens (tertiary/aromatic N) is 4. The molecule has 4 atom stereocenters. The van der Waals surface area contributed by atoms with Gasteiger partial charge in [0.25, 0.3) is 6.26 Å². The molecule has 3 N–H and O–H groups in total. The van der Waals surface area contributed by atoms with Crippen LogP contribution in [0.1, 0.15) is 11.8 Å². The lowest BCUT2D eigenvalue weighted by atomic mass is 10.0. The Morgan fingerprint density at radius 1 is 1.45 bits per heavy atom. The molecule has 2 aromatic rings. The van der Waals surface area contributed by atoms with Crippen molar-refractivity contribution in [3.05, 3.63) is 18.3 Å². The predicted octanol–water partition coefficient (Wildman–Crippen LogP) is -0.988. The van der Waals surface area contributed by atoms with E-state index in [1.54, 1.807) is 0 Å². The Kier molecular flexibility index (Phi) is 3.19. The standard InChI is InChI=1S/C11H11N5O4/c12-2-19-10-8(18)5(1-17)20-9(10)6-7-11(15-3-13-6)16-4-14-7/h3-5,8-10,17-18H,1H2,(H,13,14,15,16)/t5-,8-,9?,10-/m1/s1. The fraction of sp³-hybridized carbons (Fsp3) is 0.455. The van der Waals surface area contributed by atoms with Crippen LogP contribution < -0.4 is 0 Å². The molecule has 2 aromatic heterocycles. The van der Waals surface area contributed by atoms with Crippen LogP contribution in [0, 0.1) is 11.5 Å². The normalized spacial score (nSPS) is 29.4. The fourth-order valence-corrected chi connectivity index (χ4v) is 2.30. The summed E-state index contributed by atoms with van der Waals surface area (Å²) in [6.45, 7) is -0.389. The molecule has 1 unspecified atom stereocenters. The first-order chi connectivity index (χ1) is 9.76. The number of aromatic amines is 1. The van der Waals surface area contributed by atoms with Gasteiger partial charge in [-0.25, -0.2) is 15.0 Å². The van der Waals surface area contributed by atoms with Gasteiger partial charge >= 0.3 is 0 Å². The summed E-state index contributed by atoms with van der Waals surface area (Å²) >= 11 is 0. The molecule has 0 saturated carbocycles. The number of aliphatic hydroxyl groups excluding tert-OH is 2. The molecule has 0 bridgehead atoms. The molecule has 104 valence electrons. The maximum atomic E-state index is 10.0. The second-order valence-electron chi connectivity index (χ2n) is 4.30. The van der Waals surface area contributed by atoms with Crippen LogP contribution in [0.25, 0.3) is 11.2 Å². The van der Waals surface area contributed by atoms with Crippen LogP contribution in [-0.4, -0.2) is 55.1 Å². The van der Waals surface area contributed by atoms with E-state index in [2.05, 4.69) is 19.9 Å². The van der Waals surface area contributed by atoms with Crippen molar-refractivity contribution >= 4 is 11.2 Å². The average molecular weight is 277 g/mol. The molecule has 0 spiro atoms. The van der Waals surface area contributed by atoms with E-state index in [1.807, 2.05) is 0 Å². The monoisotopic (exact) mass is 277 g/mol. The van der Waals surface area contributed by atoms with E-state index < -0.39 is 24.4 Å². The third-order valence-electron chi connectivity index (χ3n) is 3.23. The lowest BCUT2D eigenvalue weighted by molar-refractivity contribution is -0.0235. The Morgan fingerprint density at radius 3 is 3.05 bits per heavy atom. The van der Waals surface area contributed by atoms with Crippen LogP contribution in [0.2, 0.25) is 0 Å². The quantitative estimate of drug-likeness (QED) is 0.608. The molecule has 0 radical (unpaired) electrons. The molecular formula is C11H11N5O4. The molecule has 0 amide bonds. The van der Waals surface area contributed by atoms with Crippen LogP contribution >= 0.6 is 0 Å². The van der Waals surface area contributed by atoms with E-state index in [9.17, 15) is 10.2 Å². The molecule has 1 saturated heterocycles. The molecule has 9 nitrogen and oxygen atoms in total. The number of aliphatic hydroxyl groups is 2. The summed E-state index contributed by atoms with van der Waals surface area (Å²) in [5.41, 5.74) is 1.40. The smallest absolute Gasteiger partial charge is 0.286 e.